The smallest absolute Gasteiger partial charge is 0.269 e. The molecule has 0 atom stereocenters. The van der Waals surface area contributed by atoms with E-state index in [-0.39, 0.29) is 0 Å². The molecule has 0 bridgehead atoms. The van der Waals surface area contributed by atoms with Crippen molar-refractivity contribution in [3.05, 3.63) is 0 Å². The average molecular weight is 104 g/mol. The van der Waals surface area contributed by atoms with Crippen LogP contribution in [0.5, 0.6) is 0 Å². The molecule has 0 heterocycles. The minimum atomic E-state index is -1.62. The first-order chi connectivity index (χ1) is 3.12. The van der Waals surface area contributed by atoms with E-state index in [1.165, 1.54) is 0 Å². The van der Waals surface area contributed by atoms with Crippen LogP contribution in [-0.4, -0.2) is 12.7 Å². The van der Waals surface area contributed by atoms with Gasteiger partial charge in [-0.25, -0.2) is 15.7 Å². The summed E-state index contributed by atoms with van der Waals surface area (Å²) in [6.07, 6.45) is 0. The van der Waals surface area contributed by atoms with Crippen LogP contribution in [0.15, 0.2) is 4.99 Å². The Bertz CT molecular complexity index is 70.1. The Morgan fingerprint density at radius 2 is 2.00 bits per heavy atom. The van der Waals surface area contributed by atoms with Gasteiger partial charge in [-0.15, -0.1) is 0 Å². The zero-order valence-corrected chi connectivity index (χ0v) is 3.79. The summed E-state index contributed by atoms with van der Waals surface area (Å²) in [7, 11) is 0. The van der Waals surface area contributed by atoms with Gasteiger partial charge in [0.05, 0.1) is 0 Å². The normalized spacial score (nSPS) is 11.3. The Morgan fingerprint density at radius 1 is 1.57 bits per heavy atom. The number of hydrogen-bond donors (Lipinski definition) is 3. The standard InChI is InChI=1S/C2H8N4O/c1-6-2(3,4)7-5/h1,3-5H2. The summed E-state index contributed by atoms with van der Waals surface area (Å²) in [4.78, 5) is 7.01. The predicted octanol–water partition coefficient (Wildman–Crippen LogP) is -1.89. The molecule has 0 spiro atoms. The van der Waals surface area contributed by atoms with E-state index in [4.69, 9.17) is 11.5 Å². The molecule has 42 valence electrons. The molecular weight excluding hydrogens is 96.0 g/mol. The van der Waals surface area contributed by atoms with Crippen LogP contribution in [0.4, 0.5) is 0 Å². The molecule has 0 amide bonds. The maximum atomic E-state index is 4.92. The van der Waals surface area contributed by atoms with E-state index >= 15 is 0 Å². The van der Waals surface area contributed by atoms with Crippen molar-refractivity contribution in [3.63, 3.8) is 0 Å². The number of hydrogen-bond acceptors (Lipinski definition) is 5. The summed E-state index contributed by atoms with van der Waals surface area (Å²) >= 11 is 0. The summed E-state index contributed by atoms with van der Waals surface area (Å²) in [5, 5.41) is 0. The first kappa shape index (κ1) is 6.51. The summed E-state index contributed by atoms with van der Waals surface area (Å²) in [6, 6.07) is 0. The highest BCUT2D eigenvalue weighted by molar-refractivity contribution is 5.24. The van der Waals surface area contributed by atoms with Crippen LogP contribution >= 0.6 is 0 Å². The van der Waals surface area contributed by atoms with E-state index in [0.717, 1.165) is 0 Å². The molecule has 0 aliphatic rings. The number of nitrogens with two attached hydrogens (primary N) is 3. The van der Waals surface area contributed by atoms with Crippen LogP contribution in [0.2, 0.25) is 0 Å². The lowest BCUT2D eigenvalue weighted by atomic mass is 10.8. The lowest BCUT2D eigenvalue weighted by Gasteiger charge is -2.13. The van der Waals surface area contributed by atoms with Gasteiger partial charge in [0.15, 0.2) is 0 Å². The Labute approximate surface area is 41.1 Å². The summed E-state index contributed by atoms with van der Waals surface area (Å²) in [5.41, 5.74) is 9.83. The first-order valence-electron chi connectivity index (χ1n) is 1.56. The molecule has 0 aromatic carbocycles. The number of rotatable bonds is 2. The maximum Gasteiger partial charge on any atom is 0.288 e. The van der Waals surface area contributed by atoms with Crippen molar-refractivity contribution in [3.8, 4) is 0 Å². The predicted molar refractivity (Wildman–Crippen MR) is 25.9 cm³/mol. The van der Waals surface area contributed by atoms with Gasteiger partial charge in [0.25, 0.3) is 5.97 Å². The molecule has 0 rings (SSSR count). The summed E-state index contributed by atoms with van der Waals surface area (Å²) < 4.78 is 0. The Balaban J connectivity index is 3.58. The second kappa shape index (κ2) is 1.99. The molecule has 5 heteroatoms. The van der Waals surface area contributed by atoms with E-state index in [2.05, 4.69) is 22.4 Å². The van der Waals surface area contributed by atoms with Crippen LogP contribution in [0.3, 0.4) is 0 Å². The largest absolute Gasteiger partial charge is 0.288 e. The molecule has 0 fully saturated rings. The van der Waals surface area contributed by atoms with E-state index in [1.807, 2.05) is 0 Å². The van der Waals surface area contributed by atoms with Gasteiger partial charge in [0, 0.05) is 0 Å². The SMILES string of the molecule is C=NC(N)(N)ON. The topological polar surface area (TPSA) is 99.6 Å². The van der Waals surface area contributed by atoms with E-state index in [0.29, 0.717) is 0 Å². The van der Waals surface area contributed by atoms with Crippen LogP contribution in [0.25, 0.3) is 0 Å². The lowest BCUT2D eigenvalue weighted by molar-refractivity contribution is -0.0311. The molecule has 6 N–H and O–H groups in total. The minimum absolute atomic E-state index is 1.62. The molecular formula is C2H8N4O. The van der Waals surface area contributed by atoms with Gasteiger partial charge in [-0.2, -0.15) is 0 Å². The third-order valence-corrected chi connectivity index (χ3v) is 0.436. The molecule has 0 aromatic heterocycles. The zero-order chi connectivity index (χ0) is 5.91. The van der Waals surface area contributed by atoms with Crippen LogP contribution in [0, 0.1) is 0 Å². The van der Waals surface area contributed by atoms with Gasteiger partial charge in [-0.05, 0) is 6.72 Å². The lowest BCUT2D eigenvalue weighted by Crippen LogP contribution is -2.51. The molecule has 0 saturated carbocycles. The molecule has 0 aliphatic heterocycles. The van der Waals surface area contributed by atoms with Gasteiger partial charge < -0.3 is 0 Å². The molecule has 0 aliphatic carbocycles. The second-order valence-electron chi connectivity index (χ2n) is 1.03. The second-order valence-corrected chi connectivity index (χ2v) is 1.03. The van der Waals surface area contributed by atoms with Gasteiger partial charge >= 0.3 is 0 Å². The van der Waals surface area contributed by atoms with Gasteiger partial charge in [0.1, 0.15) is 0 Å². The highest BCUT2D eigenvalue weighted by Crippen LogP contribution is 1.84. The highest BCUT2D eigenvalue weighted by Gasteiger charge is 2.12. The fourth-order valence-corrected chi connectivity index (χ4v) is 0.0373. The molecule has 5 nitrogen and oxygen atoms in total. The summed E-state index contributed by atoms with van der Waals surface area (Å²) in [5.74, 6) is 2.91. The molecule has 0 unspecified atom stereocenters. The third-order valence-electron chi connectivity index (χ3n) is 0.436. The number of aliphatic imine (C=N–C) groups is 1. The van der Waals surface area contributed by atoms with Crippen molar-refractivity contribution in [2.75, 3.05) is 0 Å². The zero-order valence-electron chi connectivity index (χ0n) is 3.79. The van der Waals surface area contributed by atoms with Crippen molar-refractivity contribution in [2.24, 2.45) is 22.4 Å². The van der Waals surface area contributed by atoms with E-state index in [1.54, 1.807) is 0 Å². The molecule has 0 saturated heterocycles. The van der Waals surface area contributed by atoms with Crippen molar-refractivity contribution in [1.29, 1.82) is 0 Å². The van der Waals surface area contributed by atoms with Crippen molar-refractivity contribution in [2.45, 2.75) is 5.97 Å². The van der Waals surface area contributed by atoms with Crippen LogP contribution in [-0.2, 0) is 4.84 Å². The molecule has 0 radical (unpaired) electrons. The van der Waals surface area contributed by atoms with Gasteiger partial charge in [0.2, 0.25) is 0 Å². The fraction of sp³-hybridized carbons (Fsp3) is 0.500. The quantitative estimate of drug-likeness (QED) is 0.216. The van der Waals surface area contributed by atoms with Gasteiger partial charge in [-0.3, -0.25) is 11.5 Å². The summed E-state index contributed by atoms with van der Waals surface area (Å²) in [6.45, 7) is 3.00. The highest BCUT2D eigenvalue weighted by atomic mass is 16.7. The van der Waals surface area contributed by atoms with Crippen LogP contribution < -0.4 is 17.4 Å². The average Bonchev–Trinajstić information content (AvgIpc) is 1.68. The maximum absolute atomic E-state index is 4.92. The van der Waals surface area contributed by atoms with Crippen molar-refractivity contribution < 1.29 is 4.84 Å². The Morgan fingerprint density at radius 3 is 2.00 bits per heavy atom. The van der Waals surface area contributed by atoms with Crippen molar-refractivity contribution >= 4 is 6.72 Å². The van der Waals surface area contributed by atoms with E-state index < -0.39 is 5.97 Å². The Kier molecular flexibility index (Phi) is 1.85. The van der Waals surface area contributed by atoms with Crippen molar-refractivity contribution in [1.82, 2.24) is 0 Å². The third kappa shape index (κ3) is 2.24. The monoisotopic (exact) mass is 104 g/mol. The Hall–Kier alpha value is -0.490. The molecule has 7 heavy (non-hydrogen) atoms. The first-order valence-corrected chi connectivity index (χ1v) is 1.56. The van der Waals surface area contributed by atoms with E-state index in [9.17, 15) is 0 Å². The minimum Gasteiger partial charge on any atom is -0.269 e. The fourth-order valence-electron chi connectivity index (χ4n) is 0.0373. The molecule has 0 aromatic rings. The van der Waals surface area contributed by atoms with Gasteiger partial charge in [-0.1, -0.05) is 0 Å². The number of nitrogens with zero attached hydrogens (tertiary/aromatic N) is 1. The van der Waals surface area contributed by atoms with Crippen LogP contribution in [0.1, 0.15) is 0 Å².